The number of ether oxygens (including phenoxy) is 2. The Morgan fingerprint density at radius 2 is 1.87 bits per heavy atom. The van der Waals surface area contributed by atoms with Gasteiger partial charge >= 0.3 is 0 Å². The summed E-state index contributed by atoms with van der Waals surface area (Å²) in [5.74, 6) is 1.04. The van der Waals surface area contributed by atoms with Crippen LogP contribution in [-0.2, 0) is 4.79 Å². The Morgan fingerprint density at radius 3 is 2.56 bits per heavy atom. The summed E-state index contributed by atoms with van der Waals surface area (Å²) >= 11 is 4.77. The second-order valence-electron chi connectivity index (χ2n) is 8.79. The van der Waals surface area contributed by atoms with Crippen molar-refractivity contribution >= 4 is 44.9 Å². The summed E-state index contributed by atoms with van der Waals surface area (Å²) in [6.45, 7) is 4.26. The van der Waals surface area contributed by atoms with Crippen molar-refractivity contribution in [2.45, 2.75) is 19.9 Å². The van der Waals surface area contributed by atoms with Gasteiger partial charge < -0.3 is 14.8 Å². The van der Waals surface area contributed by atoms with Crippen molar-refractivity contribution < 1.29 is 14.3 Å². The maximum atomic E-state index is 13.9. The minimum Gasteiger partial charge on any atom is -0.496 e. The number of amides is 1. The van der Waals surface area contributed by atoms with Gasteiger partial charge in [-0.15, -0.1) is 0 Å². The first-order valence-electron chi connectivity index (χ1n) is 12.3. The lowest BCUT2D eigenvalue weighted by Gasteiger charge is -2.25. The van der Waals surface area contributed by atoms with Crippen LogP contribution in [0.2, 0.25) is 0 Å². The molecule has 0 spiro atoms. The number of carbonyl (C=O) groups is 1. The largest absolute Gasteiger partial charge is 0.496 e. The Balaban J connectivity index is 1.68. The molecule has 5 rings (SSSR count). The number of hydrogen-bond acceptors (Lipinski definition) is 6. The van der Waals surface area contributed by atoms with Gasteiger partial charge in [0.15, 0.2) is 4.80 Å². The van der Waals surface area contributed by atoms with Gasteiger partial charge in [0.2, 0.25) is 0 Å². The van der Waals surface area contributed by atoms with Crippen molar-refractivity contribution in [2.24, 2.45) is 4.99 Å². The fourth-order valence-electron chi connectivity index (χ4n) is 4.52. The van der Waals surface area contributed by atoms with E-state index in [1.165, 1.54) is 11.3 Å². The van der Waals surface area contributed by atoms with Crippen molar-refractivity contribution in [3.63, 3.8) is 0 Å². The monoisotopic (exact) mass is 603 g/mol. The Bertz CT molecular complexity index is 1740. The zero-order valence-corrected chi connectivity index (χ0v) is 24.0. The first-order valence-corrected chi connectivity index (χ1v) is 14.0. The van der Waals surface area contributed by atoms with E-state index in [9.17, 15) is 9.59 Å². The van der Waals surface area contributed by atoms with Gasteiger partial charge in [-0.1, -0.05) is 57.6 Å². The molecule has 0 unspecified atom stereocenters. The van der Waals surface area contributed by atoms with Gasteiger partial charge in [-0.05, 0) is 68.0 Å². The molecule has 1 N–H and O–H groups in total. The minimum absolute atomic E-state index is 0.239. The Labute approximate surface area is 237 Å². The van der Waals surface area contributed by atoms with Crippen molar-refractivity contribution in [2.75, 3.05) is 19.0 Å². The molecule has 1 aromatic heterocycles. The highest BCUT2D eigenvalue weighted by molar-refractivity contribution is 9.10. The number of allylic oxidation sites excluding steroid dienone is 1. The maximum absolute atomic E-state index is 13.9. The number of hydrogen-bond donors (Lipinski definition) is 1. The van der Waals surface area contributed by atoms with Crippen LogP contribution < -0.4 is 29.7 Å². The number of methoxy groups -OCH3 is 1. The number of carbonyl (C=O) groups excluding carboxylic acids is 1. The maximum Gasteiger partial charge on any atom is 0.271 e. The molecule has 7 nitrogen and oxygen atoms in total. The molecule has 1 aliphatic heterocycles. The van der Waals surface area contributed by atoms with E-state index in [1.807, 2.05) is 79.7 Å². The highest BCUT2D eigenvalue weighted by Gasteiger charge is 2.32. The zero-order valence-electron chi connectivity index (χ0n) is 21.6. The molecule has 4 aromatic rings. The molecular weight excluding hydrogens is 578 g/mol. The molecule has 9 heteroatoms. The summed E-state index contributed by atoms with van der Waals surface area (Å²) in [7, 11) is 1.59. The molecule has 3 aromatic carbocycles. The molecular formula is C30H26BrN3O4S. The van der Waals surface area contributed by atoms with E-state index in [-0.39, 0.29) is 11.5 Å². The third kappa shape index (κ3) is 5.46. The van der Waals surface area contributed by atoms with Crippen LogP contribution in [0, 0.1) is 0 Å². The summed E-state index contributed by atoms with van der Waals surface area (Å²) < 4.78 is 14.1. The van der Waals surface area contributed by atoms with Crippen LogP contribution >= 0.6 is 27.3 Å². The Morgan fingerprint density at radius 1 is 1.13 bits per heavy atom. The van der Waals surface area contributed by atoms with Gasteiger partial charge in [0.25, 0.3) is 11.5 Å². The van der Waals surface area contributed by atoms with Gasteiger partial charge in [-0.3, -0.25) is 14.2 Å². The number of aromatic nitrogens is 1. The van der Waals surface area contributed by atoms with E-state index in [4.69, 9.17) is 14.5 Å². The lowest BCUT2D eigenvalue weighted by molar-refractivity contribution is -0.113. The topological polar surface area (TPSA) is 81.9 Å². The van der Waals surface area contributed by atoms with Crippen molar-refractivity contribution in [1.82, 2.24) is 4.57 Å². The summed E-state index contributed by atoms with van der Waals surface area (Å²) in [5.41, 5.74) is 2.91. The highest BCUT2D eigenvalue weighted by Crippen LogP contribution is 2.32. The second-order valence-corrected chi connectivity index (χ2v) is 10.7. The Hall–Kier alpha value is -3.95. The van der Waals surface area contributed by atoms with Crippen LogP contribution in [0.5, 0.6) is 11.5 Å². The number of para-hydroxylation sites is 1. The lowest BCUT2D eigenvalue weighted by Crippen LogP contribution is -2.40. The smallest absolute Gasteiger partial charge is 0.271 e. The van der Waals surface area contributed by atoms with Crippen LogP contribution in [0.25, 0.3) is 6.08 Å². The number of benzene rings is 3. The molecule has 0 fully saturated rings. The van der Waals surface area contributed by atoms with Gasteiger partial charge in [-0.2, -0.15) is 0 Å². The quantitative estimate of drug-likeness (QED) is 0.321. The normalized spacial score (nSPS) is 15.0. The molecule has 2 heterocycles. The van der Waals surface area contributed by atoms with E-state index in [2.05, 4.69) is 21.2 Å². The fraction of sp³-hybridized carbons (Fsp3) is 0.167. The number of fused-ring (bicyclic) bond motifs is 1. The van der Waals surface area contributed by atoms with Crippen LogP contribution in [0.1, 0.15) is 31.0 Å². The molecule has 0 radical (unpaired) electrons. The number of anilines is 1. The predicted molar refractivity (Wildman–Crippen MR) is 157 cm³/mol. The standard InChI is InChI=1S/C30H26BrN3O4S/c1-4-38-23-13-10-19(11-14-23)27-26(28(35)33-22-8-6-5-7-9-22)18(2)32-30-34(27)29(36)25(39-30)17-20-16-21(31)12-15-24(20)37-3/h5-17,27H,4H2,1-3H3,(H,33,35)/b25-17-/t27-/m0/s1. The van der Waals surface area contributed by atoms with Crippen molar-refractivity contribution in [3.05, 3.63) is 119 Å². The van der Waals surface area contributed by atoms with Gasteiger partial charge in [-0.25, -0.2) is 4.99 Å². The number of halogens is 1. The third-order valence-electron chi connectivity index (χ3n) is 6.28. The zero-order chi connectivity index (χ0) is 27.5. The van der Waals surface area contributed by atoms with E-state index in [0.717, 1.165) is 15.6 Å². The van der Waals surface area contributed by atoms with Crippen molar-refractivity contribution in [3.8, 4) is 11.5 Å². The third-order valence-corrected chi connectivity index (χ3v) is 7.76. The summed E-state index contributed by atoms with van der Waals surface area (Å²) in [4.78, 5) is 32.8. The SMILES string of the molecule is CCOc1ccc([C@H]2C(C(=O)Nc3ccccc3)=C(C)N=c3s/c(=C\c4cc(Br)ccc4OC)c(=O)n32)cc1. The molecule has 1 aliphatic rings. The predicted octanol–water partition coefficient (Wildman–Crippen LogP) is 5.04. The molecule has 0 aliphatic carbocycles. The lowest BCUT2D eigenvalue weighted by atomic mass is 9.95. The number of nitrogens with zero attached hydrogens (tertiary/aromatic N) is 2. The van der Waals surface area contributed by atoms with E-state index in [1.54, 1.807) is 24.7 Å². The van der Waals surface area contributed by atoms with E-state index in [0.29, 0.717) is 44.4 Å². The fourth-order valence-corrected chi connectivity index (χ4v) is 5.94. The summed E-state index contributed by atoms with van der Waals surface area (Å²) in [6.07, 6.45) is 1.80. The van der Waals surface area contributed by atoms with Crippen LogP contribution in [-0.4, -0.2) is 24.2 Å². The van der Waals surface area contributed by atoms with E-state index < -0.39 is 6.04 Å². The summed E-state index contributed by atoms with van der Waals surface area (Å²) in [6, 6.07) is 21.6. The van der Waals surface area contributed by atoms with Gasteiger partial charge in [0.05, 0.1) is 35.6 Å². The number of thiazole rings is 1. The molecule has 198 valence electrons. The van der Waals surface area contributed by atoms with Gasteiger partial charge in [0, 0.05) is 15.7 Å². The minimum atomic E-state index is -0.674. The van der Waals surface area contributed by atoms with Crippen molar-refractivity contribution in [1.29, 1.82) is 0 Å². The first-order chi connectivity index (χ1) is 18.9. The average Bonchev–Trinajstić information content (AvgIpc) is 3.23. The Kier molecular flexibility index (Phi) is 7.81. The summed E-state index contributed by atoms with van der Waals surface area (Å²) in [5, 5.41) is 2.97. The first kappa shape index (κ1) is 26.6. The number of nitrogens with one attached hydrogen (secondary N) is 1. The second kappa shape index (κ2) is 11.4. The average molecular weight is 605 g/mol. The van der Waals surface area contributed by atoms with Gasteiger partial charge in [0.1, 0.15) is 11.5 Å². The highest BCUT2D eigenvalue weighted by atomic mass is 79.9. The molecule has 0 bridgehead atoms. The molecule has 1 amide bonds. The van der Waals surface area contributed by atoms with Crippen LogP contribution in [0.4, 0.5) is 5.69 Å². The number of rotatable bonds is 7. The molecule has 0 saturated heterocycles. The van der Waals surface area contributed by atoms with Crippen LogP contribution in [0.15, 0.2) is 98.3 Å². The van der Waals surface area contributed by atoms with Crippen LogP contribution in [0.3, 0.4) is 0 Å². The molecule has 39 heavy (non-hydrogen) atoms. The van der Waals surface area contributed by atoms with E-state index >= 15 is 0 Å². The molecule has 1 atom stereocenters. The molecule has 0 saturated carbocycles.